The number of pyridine rings is 8. The smallest absolute Gasteiger partial charge is 0.140 e. The van der Waals surface area contributed by atoms with Crippen LogP contribution >= 0.6 is 31.9 Å². The van der Waals surface area contributed by atoms with E-state index in [0.29, 0.717) is 75.1 Å². The summed E-state index contributed by atoms with van der Waals surface area (Å²) in [6.07, 6.45) is 14.1. The van der Waals surface area contributed by atoms with Crippen molar-refractivity contribution in [2.45, 2.75) is 149 Å². The molecular formula is C96H98Br2N20O8. The summed E-state index contributed by atoms with van der Waals surface area (Å²) in [5.74, 6) is 1.95. The minimum absolute atomic E-state index is 0.0752. The highest BCUT2D eigenvalue weighted by Crippen LogP contribution is 2.58. The molecule has 24 rings (SSSR count). The quantitative estimate of drug-likeness (QED) is 0.0672. The van der Waals surface area contributed by atoms with Crippen molar-refractivity contribution >= 4 is 143 Å². The molecule has 126 heavy (non-hydrogen) atoms. The van der Waals surface area contributed by atoms with Gasteiger partial charge in [0, 0.05) is 165 Å². The molecule has 0 radical (unpaired) electrons. The largest absolute Gasteiger partial charge is 0.390 e. The van der Waals surface area contributed by atoms with Crippen molar-refractivity contribution in [2.75, 3.05) is 49.1 Å². The molecule has 16 aromatic rings. The second-order valence-corrected chi connectivity index (χ2v) is 38.1. The number of fused-ring (bicyclic) bond motifs is 8. The Balaban J connectivity index is 0.000000103. The molecule has 20 atom stereocenters. The van der Waals surface area contributed by atoms with E-state index in [2.05, 4.69) is 166 Å². The van der Waals surface area contributed by atoms with Crippen LogP contribution in [-0.4, -0.2) is 174 Å². The van der Waals surface area contributed by atoms with Gasteiger partial charge in [-0.15, -0.1) is 0 Å². The molecule has 4 aromatic carbocycles. The molecule has 0 unspecified atom stereocenters. The summed E-state index contributed by atoms with van der Waals surface area (Å²) in [7, 11) is 0. The van der Waals surface area contributed by atoms with Crippen LogP contribution in [0.15, 0.2) is 241 Å². The topological polar surface area (TPSA) is 437 Å². The second kappa shape index (κ2) is 32.1. The summed E-state index contributed by atoms with van der Waals surface area (Å²) in [5.41, 5.74) is 33.4. The maximum atomic E-state index is 11.1. The lowest BCUT2D eigenvalue weighted by molar-refractivity contribution is -0.0218. The van der Waals surface area contributed by atoms with Gasteiger partial charge in [0.25, 0.3) is 0 Å². The Morgan fingerprint density at radius 2 is 0.548 bits per heavy atom. The molecule has 30 heteroatoms. The minimum atomic E-state index is -0.844. The van der Waals surface area contributed by atoms with E-state index in [-0.39, 0.29) is 48.3 Å². The highest BCUT2D eigenvalue weighted by Gasteiger charge is 2.61. The van der Waals surface area contributed by atoms with Gasteiger partial charge >= 0.3 is 0 Å². The molecule has 644 valence electrons. The highest BCUT2D eigenvalue weighted by molar-refractivity contribution is 9.11. The third-order valence-electron chi connectivity index (χ3n) is 29.2. The molecule has 20 N–H and O–H groups in total. The van der Waals surface area contributed by atoms with Gasteiger partial charge in [0.1, 0.15) is 70.3 Å². The fourth-order valence-corrected chi connectivity index (χ4v) is 23.1. The first kappa shape index (κ1) is 82.0. The fraction of sp³-hybridized carbons (Fsp3) is 0.333. The summed E-state index contributed by atoms with van der Waals surface area (Å²) < 4.78 is 9.66. The summed E-state index contributed by atoms with van der Waals surface area (Å²) in [6, 6.07) is 59.6. The van der Waals surface area contributed by atoms with E-state index in [4.69, 9.17) is 22.9 Å². The van der Waals surface area contributed by atoms with Crippen LogP contribution < -0.4 is 44.2 Å². The van der Waals surface area contributed by atoms with Gasteiger partial charge in [-0.05, 0) is 239 Å². The van der Waals surface area contributed by atoms with E-state index in [9.17, 15) is 40.9 Å². The van der Waals surface area contributed by atoms with Crippen molar-refractivity contribution in [1.82, 2.24) is 79.4 Å². The molecule has 4 spiro atoms. The zero-order valence-electron chi connectivity index (χ0n) is 68.7. The molecule has 4 aliphatic heterocycles. The Kier molecular flexibility index (Phi) is 20.9. The number of halogens is 2. The SMILES string of the molecule is Nc1ccc2ccc([C@@H]3C[C@@]4(CN3)C[C@@H](n3ccc5cccnc53)[C@H](O)[C@@H]4O)cc2n1.Nc1ccc2ccc([C@H]3C[C@@]4(CN3)C[C@@H](n3ccc5cccnc53)[C@H](O)[C@@H]4O)cc2n1.Nc1nc2cc([C@@H]3C[C@@]4(CN3)C[C@@H](n3ccc5cccnc53)[C@H](O)[C@@H]4O)ccc2cc1Br.Nc1nc2cc([C@H]3C[C@@]4(CN3)C[C@@H](n3ccc5cccnc53)[C@H](O)[C@@H]4O)ccc2cc1Br. The minimum Gasteiger partial charge on any atom is -0.390 e. The van der Waals surface area contributed by atoms with Crippen molar-refractivity contribution in [3.63, 3.8) is 0 Å². The summed E-state index contributed by atoms with van der Waals surface area (Å²) in [6.45, 7) is 2.60. The van der Waals surface area contributed by atoms with Crippen molar-refractivity contribution in [2.24, 2.45) is 21.7 Å². The number of anilines is 4. The van der Waals surface area contributed by atoms with Crippen LogP contribution in [0, 0.1) is 21.7 Å². The van der Waals surface area contributed by atoms with E-state index >= 15 is 0 Å². The van der Waals surface area contributed by atoms with Crippen molar-refractivity contribution in [1.29, 1.82) is 0 Å². The molecular weight excluding hydrogens is 1720 g/mol. The Hall–Kier alpha value is -11.0. The van der Waals surface area contributed by atoms with Crippen LogP contribution in [0.5, 0.6) is 0 Å². The number of hydrogen-bond acceptors (Lipinski definition) is 24. The molecule has 4 saturated carbocycles. The molecule has 8 aliphatic rings. The number of aliphatic hydroxyl groups is 8. The molecule has 28 nitrogen and oxygen atoms in total. The van der Waals surface area contributed by atoms with Gasteiger partial charge in [0.2, 0.25) is 0 Å². The van der Waals surface area contributed by atoms with Crippen molar-refractivity contribution in [3.8, 4) is 0 Å². The van der Waals surface area contributed by atoms with Crippen LogP contribution in [0.4, 0.5) is 23.3 Å². The van der Waals surface area contributed by atoms with Gasteiger partial charge in [-0.2, -0.15) is 0 Å². The number of nitrogen functional groups attached to an aromatic ring is 4. The summed E-state index contributed by atoms with van der Waals surface area (Å²) >= 11 is 6.87. The van der Waals surface area contributed by atoms with Gasteiger partial charge < -0.3 is 103 Å². The lowest BCUT2D eigenvalue weighted by Crippen LogP contribution is -2.38. The van der Waals surface area contributed by atoms with Gasteiger partial charge in [-0.3, -0.25) is 0 Å². The number of benzene rings is 4. The molecule has 16 heterocycles. The molecule has 4 saturated heterocycles. The Morgan fingerprint density at radius 1 is 0.294 bits per heavy atom. The van der Waals surface area contributed by atoms with Gasteiger partial charge in [-0.25, -0.2) is 39.9 Å². The first-order valence-corrected chi connectivity index (χ1v) is 44.7. The standard InChI is InChI=1S/2C24H24BrN5O2.2C24H25N5O2/c2*25-16-8-14-3-4-15(9-17(14)29-22(16)26)18-10-24(12-28-18)11-19(20(31)21(24)32)30-7-5-13-2-1-6-27-23(13)30;2*25-20-6-5-14-3-4-16(10-17(14)28-20)18-11-24(13-27-18)12-19(21(30)22(24)31)29-9-7-15-2-1-8-26-23(15)29/h2*1-9,18-21,28,31-32H,10-12H2,(H2,26,29);2*1-10,18-19,21-22,27,30-31H,11-13H2,(H2,25,28)/t18-,19+,20-,21-,24-;18-,19-,20+,21+,24+;18-,19+,21-,22-,24-;18-,19-,21+,22+,24+/m0101/s1. The highest BCUT2D eigenvalue weighted by atomic mass is 79.9. The van der Waals surface area contributed by atoms with Crippen molar-refractivity contribution < 1.29 is 40.9 Å². The normalized spacial score (nSPS) is 30.4. The predicted molar refractivity (Wildman–Crippen MR) is 493 cm³/mol. The zero-order valence-corrected chi connectivity index (χ0v) is 71.8. The Morgan fingerprint density at radius 3 is 0.825 bits per heavy atom. The summed E-state index contributed by atoms with van der Waals surface area (Å²) in [5, 5.41) is 111. The number of rotatable bonds is 8. The van der Waals surface area contributed by atoms with E-state index in [0.717, 1.165) is 145 Å². The van der Waals surface area contributed by atoms with E-state index < -0.39 is 70.5 Å². The van der Waals surface area contributed by atoms with Crippen LogP contribution in [0.25, 0.3) is 87.7 Å². The molecule has 8 fully saturated rings. The molecule has 4 aliphatic carbocycles. The molecule has 12 aromatic heterocycles. The molecule has 0 bridgehead atoms. The fourth-order valence-electron chi connectivity index (χ4n) is 22.5. The third-order valence-corrected chi connectivity index (χ3v) is 30.4. The number of aliphatic hydroxyl groups excluding tert-OH is 8. The van der Waals surface area contributed by atoms with Crippen LogP contribution in [0.3, 0.4) is 0 Å². The van der Waals surface area contributed by atoms with Gasteiger partial charge in [0.15, 0.2) is 0 Å². The number of nitrogens with one attached hydrogen (secondary N) is 4. The van der Waals surface area contributed by atoms with Crippen LogP contribution in [0.1, 0.15) is 122 Å². The van der Waals surface area contributed by atoms with Gasteiger partial charge in [0.05, 0.1) is 79.6 Å². The Labute approximate surface area is 740 Å². The first-order valence-electron chi connectivity index (χ1n) is 43.1. The number of hydrogen-bond donors (Lipinski definition) is 16. The second-order valence-electron chi connectivity index (χ2n) is 36.4. The van der Waals surface area contributed by atoms with Crippen LogP contribution in [0.2, 0.25) is 0 Å². The maximum Gasteiger partial charge on any atom is 0.140 e. The van der Waals surface area contributed by atoms with E-state index in [1.54, 1.807) is 36.9 Å². The molecule has 0 amide bonds. The lowest BCUT2D eigenvalue weighted by atomic mass is 9.80. The Bertz CT molecular complexity index is 6470. The van der Waals surface area contributed by atoms with E-state index in [1.165, 1.54) is 0 Å². The average molecular weight is 1820 g/mol. The van der Waals surface area contributed by atoms with E-state index in [1.807, 2.05) is 140 Å². The monoisotopic (exact) mass is 1820 g/mol. The lowest BCUT2D eigenvalue weighted by Gasteiger charge is -2.27. The first-order chi connectivity index (χ1) is 61.0. The maximum absolute atomic E-state index is 11.1. The predicted octanol–water partition coefficient (Wildman–Crippen LogP) is 11.7. The average Bonchev–Trinajstić information content (AvgIpc) is 1.59. The number of aromatic nitrogens is 12. The summed E-state index contributed by atoms with van der Waals surface area (Å²) in [4.78, 5) is 35.9. The number of nitrogens with two attached hydrogens (primary N) is 4. The zero-order chi connectivity index (χ0) is 86.4. The third kappa shape index (κ3) is 14.3. The van der Waals surface area contributed by atoms with Gasteiger partial charge in [-0.1, -0.05) is 48.5 Å². The van der Waals surface area contributed by atoms with Crippen LogP contribution in [-0.2, 0) is 0 Å². The number of nitrogens with zero attached hydrogens (tertiary/aromatic N) is 12. The van der Waals surface area contributed by atoms with Crippen molar-refractivity contribution in [3.05, 3.63) is 263 Å².